The van der Waals surface area contributed by atoms with Crippen LogP contribution in [0.25, 0.3) is 0 Å². The standard InChI is InChI=1S/C12H16FNO3/c1-3-16-12(15)8(2)17-11-5-4-10(13)6-9(11)7-14/h4-6,8H,3,7,14H2,1-2H3. The van der Waals surface area contributed by atoms with Crippen molar-refractivity contribution in [2.24, 2.45) is 5.73 Å². The zero-order chi connectivity index (χ0) is 12.8. The number of rotatable bonds is 5. The summed E-state index contributed by atoms with van der Waals surface area (Å²) in [5.41, 5.74) is 5.98. The van der Waals surface area contributed by atoms with E-state index in [9.17, 15) is 9.18 Å². The molecule has 0 spiro atoms. The van der Waals surface area contributed by atoms with Crippen molar-refractivity contribution < 1.29 is 18.7 Å². The Morgan fingerprint density at radius 1 is 1.53 bits per heavy atom. The van der Waals surface area contributed by atoms with Crippen molar-refractivity contribution in [2.75, 3.05) is 6.61 Å². The Morgan fingerprint density at radius 2 is 2.24 bits per heavy atom. The third kappa shape index (κ3) is 3.71. The van der Waals surface area contributed by atoms with Crippen LogP contribution < -0.4 is 10.5 Å². The van der Waals surface area contributed by atoms with Gasteiger partial charge in [0.25, 0.3) is 0 Å². The smallest absolute Gasteiger partial charge is 0.347 e. The van der Waals surface area contributed by atoms with Crippen molar-refractivity contribution in [1.82, 2.24) is 0 Å². The minimum atomic E-state index is -0.745. The molecule has 1 rings (SSSR count). The van der Waals surface area contributed by atoms with Crippen molar-refractivity contribution in [2.45, 2.75) is 26.5 Å². The van der Waals surface area contributed by atoms with Gasteiger partial charge in [-0.1, -0.05) is 0 Å². The van der Waals surface area contributed by atoms with Crippen LogP contribution in [-0.4, -0.2) is 18.7 Å². The van der Waals surface area contributed by atoms with Gasteiger partial charge in [0.15, 0.2) is 6.10 Å². The van der Waals surface area contributed by atoms with Gasteiger partial charge in [-0.3, -0.25) is 0 Å². The number of hydrogen-bond acceptors (Lipinski definition) is 4. The summed E-state index contributed by atoms with van der Waals surface area (Å²) >= 11 is 0. The second-order valence-corrected chi connectivity index (χ2v) is 3.47. The van der Waals surface area contributed by atoms with Crippen LogP contribution in [-0.2, 0) is 16.1 Å². The Balaban J connectivity index is 2.77. The van der Waals surface area contributed by atoms with Crippen LogP contribution in [0.1, 0.15) is 19.4 Å². The monoisotopic (exact) mass is 241 g/mol. The SMILES string of the molecule is CCOC(=O)C(C)Oc1ccc(F)cc1CN. The van der Waals surface area contributed by atoms with E-state index in [2.05, 4.69) is 0 Å². The summed E-state index contributed by atoms with van der Waals surface area (Å²) < 4.78 is 23.1. The number of halogens is 1. The van der Waals surface area contributed by atoms with Crippen LogP contribution >= 0.6 is 0 Å². The lowest BCUT2D eigenvalue weighted by Crippen LogP contribution is -2.26. The molecule has 2 N–H and O–H groups in total. The Labute approximate surface area is 99.5 Å². The number of ether oxygens (including phenoxy) is 2. The quantitative estimate of drug-likeness (QED) is 0.796. The van der Waals surface area contributed by atoms with Gasteiger partial charge in [-0.25, -0.2) is 9.18 Å². The molecule has 1 aromatic rings. The highest BCUT2D eigenvalue weighted by Crippen LogP contribution is 2.20. The Bertz CT molecular complexity index is 395. The Kier molecular flexibility index (Phi) is 4.90. The van der Waals surface area contributed by atoms with Gasteiger partial charge < -0.3 is 15.2 Å². The molecule has 1 atom stereocenters. The molecule has 0 saturated heterocycles. The summed E-state index contributed by atoms with van der Waals surface area (Å²) in [5, 5.41) is 0. The van der Waals surface area contributed by atoms with E-state index >= 15 is 0 Å². The van der Waals surface area contributed by atoms with Gasteiger partial charge in [-0.15, -0.1) is 0 Å². The lowest BCUT2D eigenvalue weighted by Gasteiger charge is -2.15. The average molecular weight is 241 g/mol. The molecule has 0 aliphatic carbocycles. The summed E-state index contributed by atoms with van der Waals surface area (Å²) in [5.74, 6) is -0.448. The molecule has 0 fully saturated rings. The third-order valence-electron chi connectivity index (χ3n) is 2.16. The second-order valence-electron chi connectivity index (χ2n) is 3.47. The highest BCUT2D eigenvalue weighted by molar-refractivity contribution is 5.74. The van der Waals surface area contributed by atoms with E-state index < -0.39 is 12.1 Å². The summed E-state index contributed by atoms with van der Waals surface area (Å²) in [6.07, 6.45) is -0.745. The fourth-order valence-electron chi connectivity index (χ4n) is 1.32. The highest BCUT2D eigenvalue weighted by Gasteiger charge is 2.17. The van der Waals surface area contributed by atoms with Crippen LogP contribution in [0.4, 0.5) is 4.39 Å². The van der Waals surface area contributed by atoms with Crippen molar-refractivity contribution in [3.05, 3.63) is 29.6 Å². The maximum atomic E-state index is 12.9. The topological polar surface area (TPSA) is 61.5 Å². The van der Waals surface area contributed by atoms with Crippen molar-refractivity contribution in [3.8, 4) is 5.75 Å². The van der Waals surface area contributed by atoms with Crippen LogP contribution in [0.15, 0.2) is 18.2 Å². The van der Waals surface area contributed by atoms with Gasteiger partial charge in [0.1, 0.15) is 11.6 Å². The van der Waals surface area contributed by atoms with Gasteiger partial charge in [0.05, 0.1) is 6.61 Å². The summed E-state index contributed by atoms with van der Waals surface area (Å²) in [4.78, 5) is 11.4. The van der Waals surface area contributed by atoms with Gasteiger partial charge in [0, 0.05) is 12.1 Å². The molecule has 0 aromatic heterocycles. The zero-order valence-corrected chi connectivity index (χ0v) is 9.90. The normalized spacial score (nSPS) is 12.0. The average Bonchev–Trinajstić information content (AvgIpc) is 2.31. The fraction of sp³-hybridized carbons (Fsp3) is 0.417. The molecule has 0 saturated carbocycles. The molecule has 17 heavy (non-hydrogen) atoms. The van der Waals surface area contributed by atoms with E-state index in [1.54, 1.807) is 13.8 Å². The number of hydrogen-bond donors (Lipinski definition) is 1. The van der Waals surface area contributed by atoms with E-state index in [-0.39, 0.29) is 12.4 Å². The van der Waals surface area contributed by atoms with E-state index in [1.165, 1.54) is 18.2 Å². The van der Waals surface area contributed by atoms with Gasteiger partial charge >= 0.3 is 5.97 Å². The Morgan fingerprint density at radius 3 is 2.82 bits per heavy atom. The van der Waals surface area contributed by atoms with Crippen LogP contribution in [0.5, 0.6) is 5.75 Å². The lowest BCUT2D eigenvalue weighted by molar-refractivity contribution is -0.150. The number of carbonyl (C=O) groups is 1. The molecule has 1 aromatic carbocycles. The number of benzene rings is 1. The summed E-state index contributed by atoms with van der Waals surface area (Å²) in [6.45, 7) is 3.72. The predicted octanol–water partition coefficient (Wildman–Crippen LogP) is 1.61. The zero-order valence-electron chi connectivity index (χ0n) is 9.90. The first-order valence-electron chi connectivity index (χ1n) is 5.40. The summed E-state index contributed by atoms with van der Waals surface area (Å²) in [6, 6.07) is 3.99. The van der Waals surface area contributed by atoms with Crippen molar-refractivity contribution in [3.63, 3.8) is 0 Å². The molecule has 0 heterocycles. The largest absolute Gasteiger partial charge is 0.479 e. The molecule has 0 aliphatic heterocycles. The second kappa shape index (κ2) is 6.20. The van der Waals surface area contributed by atoms with E-state index in [4.69, 9.17) is 15.2 Å². The number of carbonyl (C=O) groups excluding carboxylic acids is 1. The molecule has 1 unspecified atom stereocenters. The molecular weight excluding hydrogens is 225 g/mol. The van der Waals surface area contributed by atoms with E-state index in [0.717, 1.165) is 0 Å². The third-order valence-corrected chi connectivity index (χ3v) is 2.16. The van der Waals surface area contributed by atoms with Gasteiger partial charge in [-0.05, 0) is 32.0 Å². The van der Waals surface area contributed by atoms with E-state index in [1.807, 2.05) is 0 Å². The molecule has 0 amide bonds. The first-order valence-corrected chi connectivity index (χ1v) is 5.40. The maximum Gasteiger partial charge on any atom is 0.347 e. The highest BCUT2D eigenvalue weighted by atomic mass is 19.1. The van der Waals surface area contributed by atoms with Gasteiger partial charge in [-0.2, -0.15) is 0 Å². The molecule has 0 bridgehead atoms. The van der Waals surface area contributed by atoms with E-state index in [0.29, 0.717) is 17.9 Å². The fourth-order valence-corrected chi connectivity index (χ4v) is 1.32. The molecule has 4 nitrogen and oxygen atoms in total. The van der Waals surface area contributed by atoms with Crippen LogP contribution in [0.2, 0.25) is 0 Å². The molecular formula is C12H16FNO3. The minimum Gasteiger partial charge on any atom is -0.479 e. The summed E-state index contributed by atoms with van der Waals surface area (Å²) in [7, 11) is 0. The minimum absolute atomic E-state index is 0.142. The van der Waals surface area contributed by atoms with Crippen molar-refractivity contribution in [1.29, 1.82) is 0 Å². The lowest BCUT2D eigenvalue weighted by atomic mass is 10.2. The van der Waals surface area contributed by atoms with Crippen LogP contribution in [0.3, 0.4) is 0 Å². The molecule has 5 heteroatoms. The molecule has 0 radical (unpaired) electrons. The Hall–Kier alpha value is -1.62. The molecule has 0 aliphatic rings. The van der Waals surface area contributed by atoms with Gasteiger partial charge in [0.2, 0.25) is 0 Å². The number of esters is 1. The molecule has 94 valence electrons. The number of nitrogens with two attached hydrogens (primary N) is 1. The van der Waals surface area contributed by atoms with Crippen LogP contribution in [0, 0.1) is 5.82 Å². The first-order chi connectivity index (χ1) is 8.08. The predicted molar refractivity (Wildman–Crippen MR) is 61.0 cm³/mol. The first kappa shape index (κ1) is 13.4. The van der Waals surface area contributed by atoms with Crippen molar-refractivity contribution >= 4 is 5.97 Å². The maximum absolute atomic E-state index is 12.9.